The molecular formula is C14H13NO. The molecule has 2 aliphatic carbocycles. The molecule has 0 aliphatic heterocycles. The van der Waals surface area contributed by atoms with Gasteiger partial charge in [0.05, 0.1) is 11.0 Å². The first kappa shape index (κ1) is 10.7. The Labute approximate surface area is 95.6 Å². The van der Waals surface area contributed by atoms with Crippen LogP contribution in [0.3, 0.4) is 0 Å². The highest BCUT2D eigenvalue weighted by molar-refractivity contribution is 6.09. The van der Waals surface area contributed by atoms with E-state index < -0.39 is 5.41 Å². The molecule has 0 spiro atoms. The van der Waals surface area contributed by atoms with Crippen molar-refractivity contribution in [1.82, 2.24) is 0 Å². The summed E-state index contributed by atoms with van der Waals surface area (Å²) >= 11 is 0. The maximum absolute atomic E-state index is 11.7. The van der Waals surface area contributed by atoms with Gasteiger partial charge in [-0.2, -0.15) is 5.26 Å². The van der Waals surface area contributed by atoms with E-state index in [1.54, 1.807) is 12.2 Å². The molecule has 0 N–H and O–H groups in total. The summed E-state index contributed by atoms with van der Waals surface area (Å²) in [7, 11) is 0. The lowest BCUT2D eigenvalue weighted by atomic mass is 9.72. The molecule has 80 valence electrons. The number of fused-ring (bicyclic) bond motifs is 1. The third-order valence-electron chi connectivity index (χ3n) is 3.66. The summed E-state index contributed by atoms with van der Waals surface area (Å²) in [6.45, 7) is 4.19. The molecule has 1 unspecified atom stereocenters. The number of rotatable bonds is 0. The Morgan fingerprint density at radius 2 is 2.12 bits per heavy atom. The number of hydrogen-bond acceptors (Lipinski definition) is 2. The zero-order valence-electron chi connectivity index (χ0n) is 9.50. The van der Waals surface area contributed by atoms with E-state index in [0.717, 1.165) is 18.4 Å². The van der Waals surface area contributed by atoms with Gasteiger partial charge >= 0.3 is 0 Å². The second-order valence-corrected chi connectivity index (χ2v) is 5.09. The maximum atomic E-state index is 11.7. The number of nitriles is 1. The van der Waals surface area contributed by atoms with Crippen molar-refractivity contribution in [3.63, 3.8) is 0 Å². The second kappa shape index (κ2) is 3.09. The fourth-order valence-corrected chi connectivity index (χ4v) is 2.66. The Bertz CT molecular complexity index is 508. The third kappa shape index (κ3) is 1.24. The van der Waals surface area contributed by atoms with E-state index in [2.05, 4.69) is 19.8 Å². The van der Waals surface area contributed by atoms with Gasteiger partial charge in [-0.15, -0.1) is 6.42 Å². The molecule has 1 atom stereocenters. The summed E-state index contributed by atoms with van der Waals surface area (Å²) in [5, 5.41) is 8.88. The Morgan fingerprint density at radius 3 is 2.69 bits per heavy atom. The fraction of sp³-hybridized carbons (Fsp3) is 0.429. The zero-order valence-corrected chi connectivity index (χ0v) is 9.50. The van der Waals surface area contributed by atoms with Crippen molar-refractivity contribution < 1.29 is 4.79 Å². The topological polar surface area (TPSA) is 40.9 Å². The Hall–Kier alpha value is -1.80. The fourth-order valence-electron chi connectivity index (χ4n) is 2.66. The highest BCUT2D eigenvalue weighted by Gasteiger charge is 2.48. The number of ketones is 1. The molecule has 0 heterocycles. The highest BCUT2D eigenvalue weighted by atomic mass is 16.1. The summed E-state index contributed by atoms with van der Waals surface area (Å²) in [5.41, 5.74) is 0.632. The van der Waals surface area contributed by atoms with Crippen molar-refractivity contribution in [3.8, 4) is 18.4 Å². The predicted molar refractivity (Wildman–Crippen MR) is 61.1 cm³/mol. The minimum absolute atomic E-state index is 0.0421. The van der Waals surface area contributed by atoms with Crippen LogP contribution in [0.1, 0.15) is 26.7 Å². The van der Waals surface area contributed by atoms with Gasteiger partial charge in [0.15, 0.2) is 5.78 Å². The minimum Gasteiger partial charge on any atom is -0.288 e. The van der Waals surface area contributed by atoms with E-state index in [0.29, 0.717) is 0 Å². The van der Waals surface area contributed by atoms with Crippen LogP contribution in [-0.2, 0) is 4.79 Å². The Balaban J connectivity index is 2.62. The molecule has 0 aromatic carbocycles. The van der Waals surface area contributed by atoms with Crippen LogP contribution in [0.25, 0.3) is 0 Å². The third-order valence-corrected chi connectivity index (χ3v) is 3.66. The van der Waals surface area contributed by atoms with Crippen LogP contribution >= 0.6 is 0 Å². The van der Waals surface area contributed by atoms with E-state index in [1.807, 2.05) is 6.07 Å². The van der Waals surface area contributed by atoms with E-state index >= 15 is 0 Å². The van der Waals surface area contributed by atoms with Crippen molar-refractivity contribution in [3.05, 3.63) is 23.3 Å². The quantitative estimate of drug-likeness (QED) is 0.577. The Kier molecular flexibility index (Phi) is 2.07. The number of carbonyl (C=O) groups excluding carboxylic acids is 1. The number of carbonyl (C=O) groups is 1. The van der Waals surface area contributed by atoms with Gasteiger partial charge in [0.2, 0.25) is 0 Å². The van der Waals surface area contributed by atoms with Crippen molar-refractivity contribution in [2.45, 2.75) is 26.7 Å². The number of terminal acetylenes is 1. The molecule has 1 fully saturated rings. The highest BCUT2D eigenvalue weighted by Crippen LogP contribution is 2.55. The molecule has 0 bridgehead atoms. The number of allylic oxidation sites excluding steroid dienone is 4. The minimum atomic E-state index is -0.498. The van der Waals surface area contributed by atoms with Crippen LogP contribution in [0, 0.1) is 34.5 Å². The summed E-state index contributed by atoms with van der Waals surface area (Å²) < 4.78 is 0. The lowest BCUT2D eigenvalue weighted by Crippen LogP contribution is -2.25. The van der Waals surface area contributed by atoms with Gasteiger partial charge in [-0.3, -0.25) is 4.79 Å². The van der Waals surface area contributed by atoms with E-state index in [-0.39, 0.29) is 16.8 Å². The van der Waals surface area contributed by atoms with Crippen LogP contribution in [-0.4, -0.2) is 5.78 Å². The van der Waals surface area contributed by atoms with E-state index in [4.69, 9.17) is 11.7 Å². The molecule has 0 saturated heterocycles. The monoisotopic (exact) mass is 211 g/mol. The van der Waals surface area contributed by atoms with Gasteiger partial charge in [-0.1, -0.05) is 19.8 Å². The molecule has 2 heteroatoms. The largest absolute Gasteiger partial charge is 0.288 e. The maximum Gasteiger partial charge on any atom is 0.196 e. The molecule has 0 aromatic rings. The molecule has 0 aromatic heterocycles. The Morgan fingerprint density at radius 1 is 1.44 bits per heavy atom. The second-order valence-electron chi connectivity index (χ2n) is 5.09. The van der Waals surface area contributed by atoms with Gasteiger partial charge in [-0.25, -0.2) is 0 Å². The summed E-state index contributed by atoms with van der Waals surface area (Å²) in [4.78, 5) is 11.7. The van der Waals surface area contributed by atoms with Gasteiger partial charge in [-0.05, 0) is 36.0 Å². The summed E-state index contributed by atoms with van der Waals surface area (Å²) in [6, 6.07) is 1.92. The van der Waals surface area contributed by atoms with Crippen LogP contribution in [0.4, 0.5) is 0 Å². The zero-order chi connectivity index (χ0) is 12.0. The van der Waals surface area contributed by atoms with Gasteiger partial charge in [0.1, 0.15) is 6.07 Å². The van der Waals surface area contributed by atoms with Gasteiger partial charge < -0.3 is 0 Å². The van der Waals surface area contributed by atoms with Crippen molar-refractivity contribution in [1.29, 1.82) is 5.26 Å². The molecule has 2 rings (SSSR count). The first-order valence-electron chi connectivity index (χ1n) is 5.33. The first-order chi connectivity index (χ1) is 7.45. The normalized spacial score (nSPS) is 30.9. The smallest absolute Gasteiger partial charge is 0.196 e. The molecule has 2 nitrogen and oxygen atoms in total. The summed E-state index contributed by atoms with van der Waals surface area (Å²) in [5.74, 6) is 2.56. The lowest BCUT2D eigenvalue weighted by Gasteiger charge is -2.30. The van der Waals surface area contributed by atoms with Crippen LogP contribution in [0.5, 0.6) is 0 Å². The molecule has 0 amide bonds. The van der Waals surface area contributed by atoms with Crippen LogP contribution in [0.15, 0.2) is 23.3 Å². The summed E-state index contributed by atoms with van der Waals surface area (Å²) in [6.07, 6.45) is 10.6. The molecular weight excluding hydrogens is 198 g/mol. The van der Waals surface area contributed by atoms with Gasteiger partial charge in [0, 0.05) is 0 Å². The van der Waals surface area contributed by atoms with Crippen LogP contribution in [0.2, 0.25) is 0 Å². The molecule has 1 saturated carbocycles. The van der Waals surface area contributed by atoms with E-state index in [9.17, 15) is 4.79 Å². The number of nitrogens with zero attached hydrogens (tertiary/aromatic N) is 1. The lowest BCUT2D eigenvalue weighted by molar-refractivity contribution is -0.111. The van der Waals surface area contributed by atoms with Crippen molar-refractivity contribution in [2.75, 3.05) is 0 Å². The predicted octanol–water partition coefficient (Wildman–Crippen LogP) is 2.39. The molecule has 16 heavy (non-hydrogen) atoms. The van der Waals surface area contributed by atoms with Crippen molar-refractivity contribution in [2.24, 2.45) is 10.8 Å². The average Bonchev–Trinajstić information content (AvgIpc) is 2.52. The standard InChI is InChI=1S/C14H13NO/c1-4-14-6-5-13(2,3)12(14)7-11(16)10(8-14)9-15/h1,7-8H,5-6H2,2-3H3. The van der Waals surface area contributed by atoms with Crippen LogP contribution < -0.4 is 0 Å². The van der Waals surface area contributed by atoms with Gasteiger partial charge in [0.25, 0.3) is 0 Å². The average molecular weight is 211 g/mol. The molecule has 0 radical (unpaired) electrons. The molecule has 2 aliphatic rings. The first-order valence-corrected chi connectivity index (χ1v) is 5.33. The number of hydrogen-bond donors (Lipinski definition) is 0. The van der Waals surface area contributed by atoms with E-state index in [1.165, 1.54) is 0 Å². The SMILES string of the molecule is C#CC12C=C(C#N)C(=O)C=C1C(C)(C)CC2. The van der Waals surface area contributed by atoms with Crippen molar-refractivity contribution >= 4 is 5.78 Å².